The van der Waals surface area contributed by atoms with E-state index in [9.17, 15) is 9.59 Å². The lowest BCUT2D eigenvalue weighted by molar-refractivity contribution is -0.155. The molecular weight excluding hydrogens is 626 g/mol. The molecule has 1 atom stereocenters. The normalized spacial score (nSPS) is 12.4. The molecule has 2 N–H and O–H groups in total. The van der Waals surface area contributed by atoms with Crippen LogP contribution in [0.15, 0.2) is 55.0 Å². The summed E-state index contributed by atoms with van der Waals surface area (Å²) in [6.07, 6.45) is 5.17. The molecule has 5 heterocycles. The van der Waals surface area contributed by atoms with Gasteiger partial charge in [0.1, 0.15) is 28.7 Å². The predicted molar refractivity (Wildman–Crippen MR) is 188 cm³/mol. The Morgan fingerprint density at radius 3 is 2.41 bits per heavy atom. The highest BCUT2D eigenvalue weighted by molar-refractivity contribution is 6.01. The molecule has 0 fully saturated rings. The van der Waals surface area contributed by atoms with Gasteiger partial charge in [0.15, 0.2) is 11.5 Å². The number of carbonyl (C=O) groups is 2. The van der Waals surface area contributed by atoms with Crippen LogP contribution in [0, 0.1) is 0 Å². The van der Waals surface area contributed by atoms with Gasteiger partial charge in [0.05, 0.1) is 18.0 Å². The Morgan fingerprint density at radius 2 is 1.69 bits per heavy atom. The second kappa shape index (κ2) is 13.9. The summed E-state index contributed by atoms with van der Waals surface area (Å²) in [4.78, 5) is 44.7. The molecule has 1 unspecified atom stereocenters. The lowest BCUT2D eigenvalue weighted by Gasteiger charge is -2.24. The van der Waals surface area contributed by atoms with Gasteiger partial charge >= 0.3 is 12.1 Å². The van der Waals surface area contributed by atoms with Gasteiger partial charge in [-0.3, -0.25) is 9.69 Å². The number of aromatic nitrogens is 6. The molecule has 0 spiro atoms. The summed E-state index contributed by atoms with van der Waals surface area (Å²) < 4.78 is 18.5. The van der Waals surface area contributed by atoms with E-state index in [2.05, 4.69) is 25.6 Å². The average Bonchev–Trinajstić information content (AvgIpc) is 3.44. The van der Waals surface area contributed by atoms with Crippen LogP contribution in [0.3, 0.4) is 0 Å². The smallest absolute Gasteiger partial charge is 0.414 e. The number of ether oxygens (including phenoxy) is 3. The summed E-state index contributed by atoms with van der Waals surface area (Å²) >= 11 is 0. The fourth-order valence-electron chi connectivity index (χ4n) is 4.86. The van der Waals surface area contributed by atoms with Crippen LogP contribution < -0.4 is 20.3 Å². The third kappa shape index (κ3) is 8.89. The molecule has 0 aliphatic carbocycles. The van der Waals surface area contributed by atoms with Crippen molar-refractivity contribution in [2.75, 3.05) is 29.6 Å². The molecular formula is C35H43N9O5. The van der Waals surface area contributed by atoms with E-state index in [0.29, 0.717) is 52.5 Å². The number of anilines is 4. The average molecular weight is 670 g/mol. The number of nitrogens with one attached hydrogen (secondary N) is 2. The van der Waals surface area contributed by atoms with Crippen LogP contribution in [-0.2, 0) is 14.3 Å². The maximum absolute atomic E-state index is 12.6. The van der Waals surface area contributed by atoms with Gasteiger partial charge in [-0.15, -0.1) is 5.10 Å². The van der Waals surface area contributed by atoms with Crippen LogP contribution in [0.25, 0.3) is 27.8 Å². The molecule has 14 nitrogen and oxygen atoms in total. The maximum Gasteiger partial charge on any atom is 0.414 e. The van der Waals surface area contributed by atoms with Gasteiger partial charge < -0.3 is 24.8 Å². The number of carbonyl (C=O) groups excluding carboxylic acids is 2. The van der Waals surface area contributed by atoms with E-state index in [1.165, 1.54) is 4.90 Å². The highest BCUT2D eigenvalue weighted by atomic mass is 16.6. The molecule has 14 heteroatoms. The highest BCUT2D eigenvalue weighted by Gasteiger charge is 2.22. The van der Waals surface area contributed by atoms with Crippen molar-refractivity contribution in [2.45, 2.75) is 78.6 Å². The summed E-state index contributed by atoms with van der Waals surface area (Å²) in [5.74, 6) is 2.31. The molecule has 5 rings (SSSR count). The van der Waals surface area contributed by atoms with E-state index in [4.69, 9.17) is 24.3 Å². The number of rotatable bonds is 10. The Kier molecular flexibility index (Phi) is 9.88. The molecule has 258 valence electrons. The minimum absolute atomic E-state index is 0.245. The second-order valence-electron chi connectivity index (χ2n) is 13.6. The van der Waals surface area contributed by atoms with Gasteiger partial charge in [-0.2, -0.15) is 4.98 Å². The summed E-state index contributed by atoms with van der Waals surface area (Å²) in [6, 6.07) is 10.9. The van der Waals surface area contributed by atoms with Crippen LogP contribution in [0.2, 0.25) is 0 Å². The minimum Gasteiger partial charge on any atom is -0.475 e. The fourth-order valence-corrected chi connectivity index (χ4v) is 4.86. The third-order valence-electron chi connectivity index (χ3n) is 7.10. The number of amides is 1. The number of nitrogens with zero attached hydrogens (tertiary/aromatic N) is 7. The van der Waals surface area contributed by atoms with E-state index in [1.54, 1.807) is 55.4 Å². The van der Waals surface area contributed by atoms with E-state index < -0.39 is 17.3 Å². The Morgan fingerprint density at radius 1 is 0.939 bits per heavy atom. The highest BCUT2D eigenvalue weighted by Crippen LogP contribution is 2.32. The Balaban J connectivity index is 1.37. The summed E-state index contributed by atoms with van der Waals surface area (Å²) in [5, 5.41) is 12.7. The van der Waals surface area contributed by atoms with Gasteiger partial charge in [0.25, 0.3) is 0 Å². The van der Waals surface area contributed by atoms with E-state index >= 15 is 0 Å². The van der Waals surface area contributed by atoms with Crippen LogP contribution in [0.1, 0.15) is 61.3 Å². The van der Waals surface area contributed by atoms with Crippen molar-refractivity contribution in [3.63, 3.8) is 0 Å². The molecule has 5 aromatic heterocycles. The van der Waals surface area contributed by atoms with Crippen molar-refractivity contribution < 1.29 is 23.8 Å². The Labute approximate surface area is 285 Å². The second-order valence-corrected chi connectivity index (χ2v) is 13.6. The number of pyridine rings is 4. The van der Waals surface area contributed by atoms with Crippen LogP contribution in [-0.4, -0.2) is 73.0 Å². The van der Waals surface area contributed by atoms with Crippen molar-refractivity contribution in [1.82, 2.24) is 29.5 Å². The topological polar surface area (TPSA) is 158 Å². The zero-order chi connectivity index (χ0) is 35.5. The lowest BCUT2D eigenvalue weighted by Crippen LogP contribution is -2.34. The summed E-state index contributed by atoms with van der Waals surface area (Å²) in [5.41, 5.74) is 0.728. The molecule has 5 aromatic rings. The molecule has 49 heavy (non-hydrogen) atoms. The predicted octanol–water partition coefficient (Wildman–Crippen LogP) is 6.78. The molecule has 1 amide bonds. The minimum atomic E-state index is -0.623. The molecule has 0 radical (unpaired) electrons. The Hall–Kier alpha value is -5.53. The van der Waals surface area contributed by atoms with Gasteiger partial charge in [0, 0.05) is 55.3 Å². The molecule has 0 saturated heterocycles. The van der Waals surface area contributed by atoms with Crippen LogP contribution in [0.4, 0.5) is 27.9 Å². The van der Waals surface area contributed by atoms with Gasteiger partial charge in [-0.05, 0) is 79.2 Å². The zero-order valence-corrected chi connectivity index (χ0v) is 29.4. The number of fused-ring (bicyclic) bond motifs is 2. The van der Waals surface area contributed by atoms with Gasteiger partial charge in [-0.25, -0.2) is 24.3 Å². The maximum atomic E-state index is 12.6. The molecule has 0 aromatic carbocycles. The quantitative estimate of drug-likeness (QED) is 0.150. The fraction of sp³-hybridized carbons (Fsp3) is 0.400. The molecule has 0 aliphatic rings. The molecule has 0 saturated carbocycles. The van der Waals surface area contributed by atoms with Crippen molar-refractivity contribution in [1.29, 1.82) is 0 Å². The first-order chi connectivity index (χ1) is 23.1. The zero-order valence-electron chi connectivity index (χ0n) is 29.4. The first-order valence-electron chi connectivity index (χ1n) is 16.0. The van der Waals surface area contributed by atoms with Crippen molar-refractivity contribution in [3.05, 3.63) is 55.0 Å². The molecule has 0 aliphatic heterocycles. The number of hydrogen-bond donors (Lipinski definition) is 2. The standard InChI is InChI=1S/C35H43N9O5/c1-21(13-16-30(45)48-34(2,3)4)47-29-12-10-11-26(40-29)39-27-17-23-24(18-37-27)31(36-8)38-19-25(23)32-41-28-15-14-22(20-44(28)42-32)43(9)33(46)49-35(5,6)7/h10-12,14-15,17-21H,13,16H2,1-9H3,(H,36,38)(H,37,39,40). The van der Waals surface area contributed by atoms with Gasteiger partial charge in [-0.1, -0.05) is 6.07 Å². The number of esters is 1. The third-order valence-corrected chi connectivity index (χ3v) is 7.10. The van der Waals surface area contributed by atoms with Crippen molar-refractivity contribution >= 4 is 51.6 Å². The van der Waals surface area contributed by atoms with Crippen LogP contribution in [0.5, 0.6) is 5.88 Å². The first kappa shape index (κ1) is 34.8. The SMILES string of the molecule is CNc1ncc(-c2nc3ccc(N(C)C(=O)OC(C)(C)C)cn3n2)c2cc(Nc3cccc(OC(C)CCC(=O)OC(C)(C)C)n3)ncc12. The molecule has 0 bridgehead atoms. The van der Waals surface area contributed by atoms with E-state index in [1.807, 2.05) is 66.7 Å². The Bertz CT molecular complexity index is 1980. The summed E-state index contributed by atoms with van der Waals surface area (Å²) in [6.45, 7) is 12.9. The summed E-state index contributed by atoms with van der Waals surface area (Å²) in [7, 11) is 3.44. The van der Waals surface area contributed by atoms with Crippen LogP contribution >= 0.6 is 0 Å². The van der Waals surface area contributed by atoms with E-state index in [-0.39, 0.29) is 18.5 Å². The number of hydrogen-bond acceptors (Lipinski definition) is 12. The largest absolute Gasteiger partial charge is 0.475 e. The van der Waals surface area contributed by atoms with Gasteiger partial charge in [0.2, 0.25) is 5.88 Å². The van der Waals surface area contributed by atoms with E-state index in [0.717, 1.165) is 10.8 Å². The monoisotopic (exact) mass is 669 g/mol. The first-order valence-corrected chi connectivity index (χ1v) is 16.0. The van der Waals surface area contributed by atoms with Crippen molar-refractivity contribution in [3.8, 4) is 17.3 Å². The lowest BCUT2D eigenvalue weighted by atomic mass is 10.1. The van der Waals surface area contributed by atoms with Crippen molar-refractivity contribution in [2.24, 2.45) is 0 Å².